The van der Waals surface area contributed by atoms with E-state index >= 15 is 0 Å². The zero-order chi connectivity index (χ0) is 24.2. The summed E-state index contributed by atoms with van der Waals surface area (Å²) in [5, 5.41) is 0.984. The third-order valence-corrected chi connectivity index (χ3v) is 5.81. The number of carbonyl (C=O) groups is 4. The molecule has 0 saturated carbocycles. The van der Waals surface area contributed by atoms with Gasteiger partial charge in [0, 0.05) is 11.1 Å². The summed E-state index contributed by atoms with van der Waals surface area (Å²) in [6.45, 7) is 3.92. The van der Waals surface area contributed by atoms with E-state index in [1.54, 1.807) is 66.7 Å². The molecular formula is C27H25N3O4. The van der Waals surface area contributed by atoms with Crippen LogP contribution in [-0.4, -0.2) is 34.7 Å². The van der Waals surface area contributed by atoms with E-state index in [-0.39, 0.29) is 12.0 Å². The first kappa shape index (κ1) is 22.9. The molecule has 1 fully saturated rings. The summed E-state index contributed by atoms with van der Waals surface area (Å²) in [4.78, 5) is 53.6. The Kier molecular flexibility index (Phi) is 6.54. The molecule has 172 valence electrons. The summed E-state index contributed by atoms with van der Waals surface area (Å²) in [7, 11) is 0. The Labute approximate surface area is 198 Å². The molecule has 0 aromatic heterocycles. The quantitative estimate of drug-likeness (QED) is 0.470. The van der Waals surface area contributed by atoms with Crippen molar-refractivity contribution in [2.24, 2.45) is 0 Å². The highest BCUT2D eigenvalue weighted by Gasteiger charge is 2.45. The molecule has 1 heterocycles. The summed E-state index contributed by atoms with van der Waals surface area (Å²) < 4.78 is 0. The third-order valence-electron chi connectivity index (χ3n) is 5.81. The van der Waals surface area contributed by atoms with Crippen molar-refractivity contribution in [3.63, 3.8) is 0 Å². The fourth-order valence-corrected chi connectivity index (χ4v) is 3.84. The molecule has 0 aliphatic carbocycles. The van der Waals surface area contributed by atoms with Gasteiger partial charge in [0.25, 0.3) is 17.7 Å². The van der Waals surface area contributed by atoms with Crippen LogP contribution >= 0.6 is 0 Å². The first-order valence-electron chi connectivity index (χ1n) is 11.1. The molecule has 0 bridgehead atoms. The summed E-state index contributed by atoms with van der Waals surface area (Å²) in [5.41, 5.74) is 5.70. The molecule has 1 unspecified atom stereocenters. The standard InChI is InChI=1S/C27H25N3O4/c1-3-19-11-15-22(16-12-19)29-24(31)17-23(27(29)34)30(26(33)21-7-5-4-6-8-21)28-25(32)20-13-9-18(2)10-14-20/h4-16,23H,3,17H2,1-2H3,(H,28,32). The second-order valence-electron chi connectivity index (χ2n) is 8.16. The van der Waals surface area contributed by atoms with Crippen LogP contribution in [0.5, 0.6) is 0 Å². The first-order valence-corrected chi connectivity index (χ1v) is 11.1. The molecule has 0 spiro atoms. The summed E-state index contributed by atoms with van der Waals surface area (Å²) in [6, 6.07) is 21.1. The van der Waals surface area contributed by atoms with Gasteiger partial charge in [0.2, 0.25) is 5.91 Å². The average molecular weight is 456 g/mol. The lowest BCUT2D eigenvalue weighted by molar-refractivity contribution is -0.122. The number of imide groups is 1. The zero-order valence-corrected chi connectivity index (χ0v) is 19.0. The van der Waals surface area contributed by atoms with Crippen LogP contribution in [0.4, 0.5) is 5.69 Å². The van der Waals surface area contributed by atoms with Crippen LogP contribution in [-0.2, 0) is 16.0 Å². The number of hydrazine groups is 1. The van der Waals surface area contributed by atoms with Crippen molar-refractivity contribution in [2.45, 2.75) is 32.7 Å². The van der Waals surface area contributed by atoms with Crippen LogP contribution in [0.25, 0.3) is 0 Å². The highest BCUT2D eigenvalue weighted by molar-refractivity contribution is 6.23. The number of nitrogens with one attached hydrogen (secondary N) is 1. The van der Waals surface area contributed by atoms with E-state index in [1.807, 2.05) is 26.0 Å². The Balaban J connectivity index is 1.65. The summed E-state index contributed by atoms with van der Waals surface area (Å²) in [5.74, 6) is -2.12. The van der Waals surface area contributed by atoms with Crippen molar-refractivity contribution in [1.29, 1.82) is 0 Å². The second-order valence-corrected chi connectivity index (χ2v) is 8.16. The van der Waals surface area contributed by atoms with Gasteiger partial charge in [0.15, 0.2) is 0 Å². The fraction of sp³-hybridized carbons (Fsp3) is 0.185. The Morgan fingerprint density at radius 3 is 2.18 bits per heavy atom. The number of rotatable bonds is 5. The van der Waals surface area contributed by atoms with Gasteiger partial charge in [-0.25, -0.2) is 9.91 Å². The lowest BCUT2D eigenvalue weighted by Crippen LogP contribution is -2.54. The highest BCUT2D eigenvalue weighted by atomic mass is 16.2. The van der Waals surface area contributed by atoms with Crippen molar-refractivity contribution in [3.8, 4) is 0 Å². The van der Waals surface area contributed by atoms with Gasteiger partial charge in [0.1, 0.15) is 6.04 Å². The van der Waals surface area contributed by atoms with Crippen LogP contribution in [0.1, 0.15) is 45.2 Å². The Morgan fingerprint density at radius 2 is 1.56 bits per heavy atom. The lowest BCUT2D eigenvalue weighted by Gasteiger charge is -2.28. The second kappa shape index (κ2) is 9.70. The number of hydrogen-bond acceptors (Lipinski definition) is 4. The van der Waals surface area contributed by atoms with Crippen molar-refractivity contribution in [2.75, 3.05) is 4.90 Å². The number of benzene rings is 3. The van der Waals surface area contributed by atoms with Crippen LogP contribution in [0, 0.1) is 6.92 Å². The van der Waals surface area contributed by atoms with Crippen molar-refractivity contribution < 1.29 is 19.2 Å². The molecule has 0 radical (unpaired) electrons. The van der Waals surface area contributed by atoms with Gasteiger partial charge < -0.3 is 0 Å². The van der Waals surface area contributed by atoms with Gasteiger partial charge in [0.05, 0.1) is 12.1 Å². The van der Waals surface area contributed by atoms with Gasteiger partial charge >= 0.3 is 0 Å². The van der Waals surface area contributed by atoms with Gasteiger partial charge in [-0.1, -0.05) is 55.0 Å². The summed E-state index contributed by atoms with van der Waals surface area (Å²) >= 11 is 0. The maximum absolute atomic E-state index is 13.4. The molecule has 4 rings (SSSR count). The van der Waals surface area contributed by atoms with E-state index in [1.165, 1.54) is 0 Å². The average Bonchev–Trinajstić information content (AvgIpc) is 3.16. The minimum absolute atomic E-state index is 0.235. The molecule has 3 aromatic rings. The minimum atomic E-state index is -1.17. The molecular weight excluding hydrogens is 430 g/mol. The highest BCUT2D eigenvalue weighted by Crippen LogP contribution is 2.26. The molecule has 4 amide bonds. The molecule has 1 saturated heterocycles. The topological polar surface area (TPSA) is 86.8 Å². The maximum atomic E-state index is 13.4. The van der Waals surface area contributed by atoms with E-state index in [0.717, 1.165) is 27.5 Å². The van der Waals surface area contributed by atoms with E-state index in [2.05, 4.69) is 5.43 Å². The largest absolute Gasteiger partial charge is 0.274 e. The van der Waals surface area contributed by atoms with Crippen LogP contribution in [0.15, 0.2) is 78.9 Å². The Bertz CT molecular complexity index is 1220. The number of aryl methyl sites for hydroxylation is 2. The number of hydrogen-bond donors (Lipinski definition) is 1. The molecule has 7 heteroatoms. The van der Waals surface area contributed by atoms with Crippen molar-refractivity contribution in [1.82, 2.24) is 10.4 Å². The fourth-order valence-electron chi connectivity index (χ4n) is 3.84. The molecule has 1 atom stereocenters. The van der Waals surface area contributed by atoms with E-state index < -0.39 is 29.7 Å². The molecule has 34 heavy (non-hydrogen) atoms. The van der Waals surface area contributed by atoms with Crippen LogP contribution < -0.4 is 10.3 Å². The molecule has 3 aromatic carbocycles. The molecule has 7 nitrogen and oxygen atoms in total. The van der Waals surface area contributed by atoms with E-state index in [9.17, 15) is 19.2 Å². The van der Waals surface area contributed by atoms with Gasteiger partial charge in [-0.05, 0) is 55.3 Å². The van der Waals surface area contributed by atoms with E-state index in [0.29, 0.717) is 11.3 Å². The summed E-state index contributed by atoms with van der Waals surface area (Å²) in [6.07, 6.45) is 0.594. The van der Waals surface area contributed by atoms with Crippen molar-refractivity contribution >= 4 is 29.3 Å². The SMILES string of the molecule is CCc1ccc(N2C(=O)CC(N(NC(=O)c3ccc(C)cc3)C(=O)c3ccccc3)C2=O)cc1. The lowest BCUT2D eigenvalue weighted by atomic mass is 10.1. The van der Waals surface area contributed by atoms with Gasteiger partial charge in [-0.3, -0.25) is 24.6 Å². The van der Waals surface area contributed by atoms with Crippen molar-refractivity contribution in [3.05, 3.63) is 101 Å². The maximum Gasteiger partial charge on any atom is 0.273 e. The monoisotopic (exact) mass is 455 g/mol. The zero-order valence-electron chi connectivity index (χ0n) is 19.0. The first-order chi connectivity index (χ1) is 16.4. The van der Waals surface area contributed by atoms with Crippen LogP contribution in [0.3, 0.4) is 0 Å². The molecule has 1 N–H and O–H groups in total. The normalized spacial score (nSPS) is 15.4. The Morgan fingerprint density at radius 1 is 0.912 bits per heavy atom. The molecule has 1 aliphatic rings. The smallest absolute Gasteiger partial charge is 0.273 e. The number of amides is 4. The Hall–Kier alpha value is -4.26. The predicted molar refractivity (Wildman–Crippen MR) is 128 cm³/mol. The number of nitrogens with zero attached hydrogens (tertiary/aromatic N) is 2. The van der Waals surface area contributed by atoms with Crippen LogP contribution in [0.2, 0.25) is 0 Å². The number of carbonyl (C=O) groups excluding carboxylic acids is 4. The number of anilines is 1. The molecule has 1 aliphatic heterocycles. The predicted octanol–water partition coefficient (Wildman–Crippen LogP) is 3.68. The van der Waals surface area contributed by atoms with Gasteiger partial charge in [-0.15, -0.1) is 0 Å². The van der Waals surface area contributed by atoms with Gasteiger partial charge in [-0.2, -0.15) is 0 Å². The third kappa shape index (κ3) is 4.59. The van der Waals surface area contributed by atoms with E-state index in [4.69, 9.17) is 0 Å². The minimum Gasteiger partial charge on any atom is -0.274 e.